The summed E-state index contributed by atoms with van der Waals surface area (Å²) in [7, 11) is 0. The summed E-state index contributed by atoms with van der Waals surface area (Å²) in [4.78, 5) is 3.60. The molecule has 1 aromatic rings. The quantitative estimate of drug-likeness (QED) is 0.739. The Morgan fingerprint density at radius 2 is 2.09 bits per heavy atom. The number of alkyl halides is 3. The van der Waals surface area contributed by atoms with Gasteiger partial charge in [-0.1, -0.05) is 0 Å². The number of piperidine rings is 1. The van der Waals surface area contributed by atoms with E-state index in [0.717, 1.165) is 32.0 Å². The lowest BCUT2D eigenvalue weighted by molar-refractivity contribution is -0.141. The molecule has 0 bridgehead atoms. The first-order chi connectivity index (χ1) is 10.9. The molecule has 5 nitrogen and oxygen atoms in total. The van der Waals surface area contributed by atoms with E-state index in [2.05, 4.69) is 15.6 Å². The van der Waals surface area contributed by atoms with E-state index in [9.17, 15) is 13.2 Å². The van der Waals surface area contributed by atoms with Crippen LogP contribution in [0.1, 0.15) is 31.0 Å². The van der Waals surface area contributed by atoms with Gasteiger partial charge in [-0.15, -0.1) is 0 Å². The lowest BCUT2D eigenvalue weighted by Gasteiger charge is -2.24. The average Bonchev–Trinajstić information content (AvgIpc) is 2.52. The zero-order valence-corrected chi connectivity index (χ0v) is 13.0. The van der Waals surface area contributed by atoms with Gasteiger partial charge in [0.15, 0.2) is 0 Å². The minimum atomic E-state index is -4.52. The third kappa shape index (κ3) is 5.63. The molecule has 0 aromatic carbocycles. The summed E-state index contributed by atoms with van der Waals surface area (Å²) in [6, 6.07) is 2.33. The molecule has 3 N–H and O–H groups in total. The Labute approximate surface area is 133 Å². The number of nitrogens with one attached hydrogen (secondary N) is 2. The monoisotopic (exact) mass is 333 g/mol. The van der Waals surface area contributed by atoms with Gasteiger partial charge in [-0.05, 0) is 44.5 Å². The van der Waals surface area contributed by atoms with Crippen molar-refractivity contribution >= 4 is 0 Å². The van der Waals surface area contributed by atoms with E-state index in [4.69, 9.17) is 9.84 Å². The smallest absolute Gasteiger partial charge is 0.433 e. The molecule has 1 aromatic heterocycles. The summed E-state index contributed by atoms with van der Waals surface area (Å²) in [5.74, 6) is 0.000163. The van der Waals surface area contributed by atoms with Crippen molar-refractivity contribution in [3.8, 4) is 5.88 Å². The van der Waals surface area contributed by atoms with Gasteiger partial charge in [0.05, 0.1) is 6.61 Å². The van der Waals surface area contributed by atoms with Crippen LogP contribution in [-0.4, -0.2) is 41.9 Å². The molecule has 1 aliphatic rings. The number of aliphatic hydroxyl groups is 1. The first-order valence-corrected chi connectivity index (χ1v) is 7.68. The molecule has 2 rings (SSSR count). The van der Waals surface area contributed by atoms with Crippen LogP contribution in [0.4, 0.5) is 13.2 Å². The van der Waals surface area contributed by atoms with E-state index in [-0.39, 0.29) is 31.2 Å². The van der Waals surface area contributed by atoms with Gasteiger partial charge >= 0.3 is 6.18 Å². The maximum Gasteiger partial charge on any atom is 0.433 e. The average molecular weight is 333 g/mol. The number of hydrogen-bond donors (Lipinski definition) is 3. The largest absolute Gasteiger partial charge is 0.474 e. The Bertz CT molecular complexity index is 505. The fourth-order valence-electron chi connectivity index (χ4n) is 2.31. The molecular weight excluding hydrogens is 311 g/mol. The van der Waals surface area contributed by atoms with Crippen molar-refractivity contribution in [2.45, 2.75) is 44.6 Å². The molecule has 0 aliphatic carbocycles. The Morgan fingerprint density at radius 3 is 2.70 bits per heavy atom. The second kappa shape index (κ2) is 7.94. The SMILES string of the molecule is CC(CO)NCc1cc(OC2CCNCC2)nc(C(F)(F)F)c1. The van der Waals surface area contributed by atoms with Crippen LogP contribution in [0.5, 0.6) is 5.88 Å². The van der Waals surface area contributed by atoms with E-state index < -0.39 is 11.9 Å². The van der Waals surface area contributed by atoms with Crippen LogP contribution in [0.25, 0.3) is 0 Å². The highest BCUT2D eigenvalue weighted by Crippen LogP contribution is 2.30. The standard InChI is InChI=1S/C15H22F3N3O2/c1-10(9-22)20-8-11-6-13(15(16,17)18)21-14(7-11)23-12-2-4-19-5-3-12/h6-7,10,12,19-20,22H,2-5,8-9H2,1H3. The molecule has 1 fully saturated rings. The summed E-state index contributed by atoms with van der Waals surface area (Å²) in [5.41, 5.74) is -0.533. The first kappa shape index (κ1) is 18.0. The fourth-order valence-corrected chi connectivity index (χ4v) is 2.31. The molecule has 1 atom stereocenters. The lowest BCUT2D eigenvalue weighted by Crippen LogP contribution is -2.34. The van der Waals surface area contributed by atoms with Gasteiger partial charge < -0.3 is 20.5 Å². The Morgan fingerprint density at radius 1 is 1.39 bits per heavy atom. The van der Waals surface area contributed by atoms with Crippen LogP contribution >= 0.6 is 0 Å². The van der Waals surface area contributed by atoms with Crippen molar-refractivity contribution in [3.05, 3.63) is 23.4 Å². The van der Waals surface area contributed by atoms with Gasteiger partial charge in [0.1, 0.15) is 11.8 Å². The molecule has 23 heavy (non-hydrogen) atoms. The zero-order valence-electron chi connectivity index (χ0n) is 13.0. The summed E-state index contributed by atoms with van der Waals surface area (Å²) in [6.45, 7) is 3.43. The first-order valence-electron chi connectivity index (χ1n) is 7.68. The van der Waals surface area contributed by atoms with Gasteiger partial charge in [0.25, 0.3) is 0 Å². The summed E-state index contributed by atoms with van der Waals surface area (Å²) in [6.07, 6.45) is -3.16. The van der Waals surface area contributed by atoms with E-state index >= 15 is 0 Å². The van der Waals surface area contributed by atoms with Crippen molar-refractivity contribution in [3.63, 3.8) is 0 Å². The molecule has 0 amide bonds. The van der Waals surface area contributed by atoms with E-state index in [1.807, 2.05) is 0 Å². The second-order valence-corrected chi connectivity index (χ2v) is 5.73. The van der Waals surface area contributed by atoms with Crippen LogP contribution < -0.4 is 15.4 Å². The normalized spacial score (nSPS) is 18.0. The van der Waals surface area contributed by atoms with Crippen LogP contribution in [0, 0.1) is 0 Å². The molecule has 1 unspecified atom stereocenters. The zero-order chi connectivity index (χ0) is 16.9. The summed E-state index contributed by atoms with van der Waals surface area (Å²) in [5, 5.41) is 15.1. The predicted molar refractivity (Wildman–Crippen MR) is 79.1 cm³/mol. The molecule has 130 valence electrons. The van der Waals surface area contributed by atoms with Crippen LogP contribution in [-0.2, 0) is 12.7 Å². The number of hydrogen-bond acceptors (Lipinski definition) is 5. The second-order valence-electron chi connectivity index (χ2n) is 5.73. The molecule has 0 saturated carbocycles. The minimum absolute atomic E-state index is 0.000163. The molecule has 8 heteroatoms. The lowest BCUT2D eigenvalue weighted by atomic mass is 10.1. The summed E-state index contributed by atoms with van der Waals surface area (Å²) < 4.78 is 44.6. The van der Waals surface area contributed by atoms with Crippen molar-refractivity contribution in [1.29, 1.82) is 0 Å². The van der Waals surface area contributed by atoms with Crippen molar-refractivity contribution in [2.75, 3.05) is 19.7 Å². The Balaban J connectivity index is 2.15. The molecule has 0 spiro atoms. The van der Waals surface area contributed by atoms with Crippen LogP contribution in [0.2, 0.25) is 0 Å². The number of halogens is 3. The maximum atomic E-state index is 13.0. The molecular formula is C15H22F3N3O2. The topological polar surface area (TPSA) is 66.4 Å². The predicted octanol–water partition coefficient (Wildman–Crippen LogP) is 1.70. The highest BCUT2D eigenvalue weighted by atomic mass is 19.4. The molecule has 2 heterocycles. The van der Waals surface area contributed by atoms with E-state index in [1.165, 1.54) is 6.07 Å². The maximum absolute atomic E-state index is 13.0. The molecule has 1 saturated heterocycles. The summed E-state index contributed by atoms with van der Waals surface area (Å²) >= 11 is 0. The van der Waals surface area contributed by atoms with Crippen molar-refractivity contribution < 1.29 is 23.0 Å². The van der Waals surface area contributed by atoms with E-state index in [1.54, 1.807) is 6.92 Å². The third-order valence-corrected chi connectivity index (χ3v) is 3.65. The van der Waals surface area contributed by atoms with Crippen LogP contribution in [0.15, 0.2) is 12.1 Å². The number of rotatable bonds is 6. The van der Waals surface area contributed by atoms with E-state index in [0.29, 0.717) is 5.56 Å². The Kier molecular flexibility index (Phi) is 6.20. The number of aromatic nitrogens is 1. The van der Waals surface area contributed by atoms with Gasteiger partial charge in [-0.3, -0.25) is 0 Å². The van der Waals surface area contributed by atoms with Gasteiger partial charge in [-0.25, -0.2) is 4.98 Å². The molecule has 0 radical (unpaired) electrons. The van der Waals surface area contributed by atoms with Gasteiger partial charge in [0.2, 0.25) is 5.88 Å². The van der Waals surface area contributed by atoms with Crippen molar-refractivity contribution in [2.24, 2.45) is 0 Å². The van der Waals surface area contributed by atoms with Crippen molar-refractivity contribution in [1.82, 2.24) is 15.6 Å². The molecule has 1 aliphatic heterocycles. The Hall–Kier alpha value is -1.38. The van der Waals surface area contributed by atoms with Crippen LogP contribution in [0.3, 0.4) is 0 Å². The fraction of sp³-hybridized carbons (Fsp3) is 0.667. The highest BCUT2D eigenvalue weighted by Gasteiger charge is 2.33. The number of ether oxygens (including phenoxy) is 1. The third-order valence-electron chi connectivity index (χ3n) is 3.65. The number of aliphatic hydroxyl groups excluding tert-OH is 1. The highest BCUT2D eigenvalue weighted by molar-refractivity contribution is 5.27. The number of pyridine rings is 1. The number of nitrogens with zero attached hydrogens (tertiary/aromatic N) is 1. The van der Waals surface area contributed by atoms with Gasteiger partial charge in [0, 0.05) is 18.7 Å². The van der Waals surface area contributed by atoms with Gasteiger partial charge in [-0.2, -0.15) is 13.2 Å². The minimum Gasteiger partial charge on any atom is -0.474 e.